The van der Waals surface area contributed by atoms with Crippen LogP contribution in [0.3, 0.4) is 0 Å². The van der Waals surface area contributed by atoms with Gasteiger partial charge in [-0.15, -0.1) is 43.5 Å². The summed E-state index contributed by atoms with van der Waals surface area (Å²) in [5.74, 6) is -0.460. The van der Waals surface area contributed by atoms with Gasteiger partial charge in [-0.3, -0.25) is 9.69 Å². The minimum absolute atomic E-state index is 0.0621. The van der Waals surface area contributed by atoms with Gasteiger partial charge in [0, 0.05) is 11.5 Å². The van der Waals surface area contributed by atoms with Gasteiger partial charge in [-0.2, -0.15) is 0 Å². The molecule has 2 aliphatic heterocycles. The van der Waals surface area contributed by atoms with Crippen LogP contribution in [0.1, 0.15) is 15.0 Å². The molecule has 4 rings (SSSR count). The highest BCUT2D eigenvalue weighted by Gasteiger charge is 2.51. The van der Waals surface area contributed by atoms with E-state index < -0.39 is 12.0 Å². The van der Waals surface area contributed by atoms with Crippen LogP contribution in [0.25, 0.3) is 0 Å². The van der Waals surface area contributed by atoms with E-state index in [1.165, 1.54) is 51.1 Å². The first kappa shape index (κ1) is 18.8. The molecule has 0 aliphatic carbocycles. The highest BCUT2D eigenvalue weighted by molar-refractivity contribution is 8.01. The van der Waals surface area contributed by atoms with Gasteiger partial charge in [0.2, 0.25) is 5.91 Å². The van der Waals surface area contributed by atoms with E-state index in [1.54, 1.807) is 0 Å². The number of carboxylic acid groups (broad SMARTS) is 1. The number of β-lactam (4-membered cyclic amide) rings is 1. The van der Waals surface area contributed by atoms with E-state index in [2.05, 4.69) is 20.4 Å². The van der Waals surface area contributed by atoms with Crippen molar-refractivity contribution in [1.82, 2.24) is 25.3 Å². The molecular weight excluding hydrogens is 428 g/mol. The minimum atomic E-state index is -1.10. The Bertz CT molecular complexity index is 941. The van der Waals surface area contributed by atoms with Gasteiger partial charge in [0.15, 0.2) is 4.34 Å². The molecule has 0 bridgehead atoms. The molecule has 2 atom stereocenters. The first-order chi connectivity index (χ1) is 12.9. The topological polar surface area (TPSA) is 135 Å². The van der Waals surface area contributed by atoms with Crippen molar-refractivity contribution in [2.24, 2.45) is 5.73 Å². The highest BCUT2D eigenvalue weighted by Crippen LogP contribution is 2.41. The lowest BCUT2D eigenvalue weighted by molar-refractivity contribution is -0.147. The van der Waals surface area contributed by atoms with Gasteiger partial charge in [0.1, 0.15) is 32.1 Å². The third-order valence-corrected chi connectivity index (χ3v) is 8.32. The summed E-state index contributed by atoms with van der Waals surface area (Å²) >= 11 is 5.90. The van der Waals surface area contributed by atoms with E-state index in [0.717, 1.165) is 19.4 Å². The Kier molecular flexibility index (Phi) is 5.20. The molecular formula is C14H14N6O3S4. The summed E-state index contributed by atoms with van der Waals surface area (Å²) in [4.78, 5) is 24.9. The van der Waals surface area contributed by atoms with Gasteiger partial charge in [-0.25, -0.2) is 4.79 Å². The second kappa shape index (κ2) is 7.47. The number of carbonyl (C=O) groups is 2. The van der Waals surface area contributed by atoms with Crippen molar-refractivity contribution in [3.8, 4) is 0 Å². The smallest absolute Gasteiger partial charge is 0.352 e. The maximum absolute atomic E-state index is 12.0. The molecule has 1 saturated heterocycles. The number of hydrogen-bond acceptors (Lipinski definition) is 11. The van der Waals surface area contributed by atoms with Crippen molar-refractivity contribution in [1.29, 1.82) is 0 Å². The number of aliphatic carboxylic acids is 1. The summed E-state index contributed by atoms with van der Waals surface area (Å²) in [6, 6.07) is -0.617. The van der Waals surface area contributed by atoms with Crippen LogP contribution >= 0.6 is 46.2 Å². The summed E-state index contributed by atoms with van der Waals surface area (Å²) in [6.45, 7) is 1.90. The lowest BCUT2D eigenvalue weighted by Gasteiger charge is -2.48. The zero-order valence-corrected chi connectivity index (χ0v) is 17.3. The fourth-order valence-corrected chi connectivity index (χ4v) is 6.88. The molecule has 4 heterocycles. The fourth-order valence-electron chi connectivity index (χ4n) is 2.75. The molecule has 27 heavy (non-hydrogen) atoms. The van der Waals surface area contributed by atoms with Gasteiger partial charge >= 0.3 is 5.97 Å². The largest absolute Gasteiger partial charge is 0.477 e. The molecule has 1 amide bonds. The molecule has 9 nitrogen and oxygen atoms in total. The summed E-state index contributed by atoms with van der Waals surface area (Å²) < 4.78 is 0.752. The Labute approximate surface area is 170 Å². The summed E-state index contributed by atoms with van der Waals surface area (Å²) in [7, 11) is 0. The van der Waals surface area contributed by atoms with Gasteiger partial charge in [-0.05, 0) is 12.5 Å². The Morgan fingerprint density at radius 2 is 2.04 bits per heavy atom. The lowest BCUT2D eigenvalue weighted by atomic mass is 10.0. The number of aryl methyl sites for hydroxylation is 1. The monoisotopic (exact) mass is 442 g/mol. The first-order valence-corrected chi connectivity index (χ1v) is 11.5. The van der Waals surface area contributed by atoms with E-state index in [4.69, 9.17) is 5.73 Å². The number of nitrogens with zero attached hydrogens (tertiary/aromatic N) is 5. The van der Waals surface area contributed by atoms with Gasteiger partial charge in [0.25, 0.3) is 0 Å². The molecule has 1 fully saturated rings. The molecule has 0 aromatic carbocycles. The van der Waals surface area contributed by atoms with Crippen molar-refractivity contribution in [2.75, 3.05) is 11.5 Å². The van der Waals surface area contributed by atoms with E-state index in [1.807, 2.05) is 6.92 Å². The zero-order valence-electron chi connectivity index (χ0n) is 14.0. The Hall–Kier alpha value is -1.54. The predicted molar refractivity (Wildman–Crippen MR) is 104 cm³/mol. The molecule has 142 valence electrons. The molecule has 2 unspecified atom stereocenters. The maximum atomic E-state index is 12.0. The second-order valence-corrected chi connectivity index (χ2v) is 10.5. The van der Waals surface area contributed by atoms with Gasteiger partial charge in [-0.1, -0.05) is 23.1 Å². The number of nitrogens with two attached hydrogens (primary N) is 1. The average molecular weight is 443 g/mol. The van der Waals surface area contributed by atoms with Crippen molar-refractivity contribution in [3.63, 3.8) is 0 Å². The standard InChI is InChI=1S/C14H14N6O3S4/c1-5-16-17-7(26-5)2-8-18-19-14(27-8)25-4-6-3-24-12-9(15)11(21)20(12)10(6)13(22)23/h9,12H,2-4,15H2,1H3,(H,22,23). The number of fused-ring (bicyclic) bond motifs is 1. The molecule has 0 spiro atoms. The quantitative estimate of drug-likeness (QED) is 0.492. The van der Waals surface area contributed by atoms with Gasteiger partial charge < -0.3 is 10.8 Å². The van der Waals surface area contributed by atoms with Crippen LogP contribution in [0.15, 0.2) is 15.6 Å². The van der Waals surface area contributed by atoms with Crippen molar-refractivity contribution < 1.29 is 14.7 Å². The lowest BCUT2D eigenvalue weighted by Crippen LogP contribution is -2.68. The zero-order chi connectivity index (χ0) is 19.1. The Balaban J connectivity index is 1.45. The third-order valence-electron chi connectivity index (χ3n) is 3.98. The number of aromatic nitrogens is 4. The molecule has 13 heteroatoms. The van der Waals surface area contributed by atoms with Crippen LogP contribution < -0.4 is 5.73 Å². The van der Waals surface area contributed by atoms with Crippen molar-refractivity contribution in [2.45, 2.75) is 29.1 Å². The number of carboxylic acids is 1. The van der Waals surface area contributed by atoms with Crippen LogP contribution in [-0.4, -0.2) is 65.2 Å². The highest BCUT2D eigenvalue weighted by atomic mass is 32.2. The fraction of sp³-hybridized carbons (Fsp3) is 0.429. The maximum Gasteiger partial charge on any atom is 0.352 e. The van der Waals surface area contributed by atoms with Crippen molar-refractivity contribution >= 4 is 58.1 Å². The van der Waals surface area contributed by atoms with Crippen LogP contribution in [0.5, 0.6) is 0 Å². The summed E-state index contributed by atoms with van der Waals surface area (Å²) in [6.07, 6.45) is 0.588. The molecule has 0 radical (unpaired) electrons. The molecule has 2 aliphatic rings. The Morgan fingerprint density at radius 1 is 1.30 bits per heavy atom. The first-order valence-electron chi connectivity index (χ1n) is 7.83. The minimum Gasteiger partial charge on any atom is -0.477 e. The van der Waals surface area contributed by atoms with Crippen LogP contribution in [-0.2, 0) is 16.0 Å². The van der Waals surface area contributed by atoms with Crippen molar-refractivity contribution in [3.05, 3.63) is 26.3 Å². The summed E-state index contributed by atoms with van der Waals surface area (Å²) in [5.41, 5.74) is 6.52. The van der Waals surface area contributed by atoms with Crippen LogP contribution in [0.4, 0.5) is 0 Å². The van der Waals surface area contributed by atoms with Crippen LogP contribution in [0.2, 0.25) is 0 Å². The molecule has 3 N–H and O–H groups in total. The number of hydrogen-bond donors (Lipinski definition) is 2. The predicted octanol–water partition coefficient (Wildman–Crippen LogP) is 0.962. The van der Waals surface area contributed by atoms with E-state index in [0.29, 0.717) is 23.5 Å². The number of amides is 1. The average Bonchev–Trinajstić information content (AvgIpc) is 3.27. The second-order valence-electron chi connectivity index (χ2n) is 5.83. The van der Waals surface area contributed by atoms with Gasteiger partial charge in [0.05, 0.1) is 6.42 Å². The number of rotatable bonds is 6. The Morgan fingerprint density at radius 3 is 2.74 bits per heavy atom. The van der Waals surface area contributed by atoms with E-state index in [9.17, 15) is 14.7 Å². The molecule has 2 aromatic heterocycles. The SMILES string of the molecule is Cc1nnc(Cc2nnc(SCC3=C(C(=O)O)N4C(=O)C(N)C4SC3)s2)s1. The molecule has 0 saturated carbocycles. The molecule has 2 aromatic rings. The normalized spacial score (nSPS) is 22.0. The number of carbonyl (C=O) groups excluding carboxylic acids is 1. The van der Waals surface area contributed by atoms with E-state index >= 15 is 0 Å². The van der Waals surface area contributed by atoms with E-state index in [-0.39, 0.29) is 17.0 Å². The summed E-state index contributed by atoms with van der Waals surface area (Å²) in [5, 5.41) is 28.3. The third kappa shape index (κ3) is 3.61. The van der Waals surface area contributed by atoms with Crippen LogP contribution in [0, 0.1) is 6.92 Å². The number of thioether (sulfide) groups is 2.